The highest BCUT2D eigenvalue weighted by molar-refractivity contribution is 5.88. The minimum Gasteiger partial charge on any atom is -0.480 e. The Labute approximate surface area is 152 Å². The number of aromatic nitrogens is 1. The molecule has 0 saturated heterocycles. The van der Waals surface area contributed by atoms with Crippen molar-refractivity contribution in [3.05, 3.63) is 40.9 Å². The van der Waals surface area contributed by atoms with Crippen molar-refractivity contribution in [2.45, 2.75) is 51.1 Å². The normalized spacial score (nSPS) is 13.3. The van der Waals surface area contributed by atoms with Crippen LogP contribution in [-0.4, -0.2) is 33.6 Å². The van der Waals surface area contributed by atoms with E-state index in [2.05, 4.69) is 10.5 Å². The van der Waals surface area contributed by atoms with Gasteiger partial charge in [0.25, 0.3) is 0 Å². The van der Waals surface area contributed by atoms with E-state index in [-0.39, 0.29) is 6.42 Å². The number of amides is 1. The van der Waals surface area contributed by atoms with E-state index in [1.165, 1.54) is 0 Å². The van der Waals surface area contributed by atoms with Crippen LogP contribution in [0.3, 0.4) is 0 Å². The Morgan fingerprint density at radius 3 is 2.65 bits per heavy atom. The van der Waals surface area contributed by atoms with Crippen molar-refractivity contribution in [2.24, 2.45) is 12.2 Å². The fourth-order valence-electron chi connectivity index (χ4n) is 3.10. The van der Waals surface area contributed by atoms with Gasteiger partial charge in [0.05, 0.1) is 0 Å². The van der Waals surface area contributed by atoms with Crippen molar-refractivity contribution in [1.82, 2.24) is 9.88 Å². The Morgan fingerprint density at radius 1 is 1.27 bits per heavy atom. The molecule has 0 fully saturated rings. The van der Waals surface area contributed by atoms with Gasteiger partial charge < -0.3 is 15.0 Å². The van der Waals surface area contributed by atoms with E-state index < -0.39 is 24.0 Å². The van der Waals surface area contributed by atoms with Crippen LogP contribution in [-0.2, 0) is 23.1 Å². The molecule has 1 aromatic heterocycles. The molecule has 0 aliphatic rings. The van der Waals surface area contributed by atoms with Gasteiger partial charge in [-0.15, -0.1) is 4.91 Å². The quantitative estimate of drug-likeness (QED) is 0.503. The molecular weight excluding hydrogens is 334 g/mol. The average Bonchev–Trinajstić information content (AvgIpc) is 2.94. The van der Waals surface area contributed by atoms with Crippen molar-refractivity contribution in [3.8, 4) is 0 Å². The van der Waals surface area contributed by atoms with Gasteiger partial charge in [-0.25, -0.2) is 4.79 Å². The lowest BCUT2D eigenvalue weighted by Gasteiger charge is -2.16. The maximum atomic E-state index is 12.3. The molecule has 7 nitrogen and oxygen atoms in total. The van der Waals surface area contributed by atoms with Gasteiger partial charge in [-0.05, 0) is 18.1 Å². The van der Waals surface area contributed by atoms with Gasteiger partial charge in [0.1, 0.15) is 6.04 Å². The number of carboxylic acids is 1. The molecule has 0 unspecified atom stereocenters. The summed E-state index contributed by atoms with van der Waals surface area (Å²) in [6.07, 6.45) is 4.92. The Bertz CT molecular complexity index is 784. The number of hydrogen-bond acceptors (Lipinski definition) is 4. The summed E-state index contributed by atoms with van der Waals surface area (Å²) in [6, 6.07) is 5.53. The first-order valence-electron chi connectivity index (χ1n) is 8.86. The standard InChI is InChI=1S/C19H25N3O4/c1-3-4-5-9-15(21-26)18(23)20-16(19(24)25)11-13-12-22(2)17-10-7-6-8-14(13)17/h6-8,10,12,15-16H,3-5,9,11H2,1-2H3,(H,20,23)(H,24,25)/t15-,16+/m0/s1. The topological polar surface area (TPSA) is 101 Å². The number of hydrogen-bond donors (Lipinski definition) is 2. The molecule has 1 aromatic carbocycles. The van der Waals surface area contributed by atoms with Crippen LogP contribution in [0.2, 0.25) is 0 Å². The predicted octanol–water partition coefficient (Wildman–Crippen LogP) is 3.01. The minimum absolute atomic E-state index is 0.142. The average molecular weight is 359 g/mol. The second kappa shape index (κ2) is 9.12. The molecule has 0 bridgehead atoms. The maximum Gasteiger partial charge on any atom is 0.326 e. The number of unbranched alkanes of at least 4 members (excludes halogenated alkanes) is 2. The Morgan fingerprint density at radius 2 is 2.00 bits per heavy atom. The summed E-state index contributed by atoms with van der Waals surface area (Å²) in [5.74, 6) is -1.76. The van der Waals surface area contributed by atoms with E-state index in [4.69, 9.17) is 0 Å². The molecule has 1 amide bonds. The van der Waals surface area contributed by atoms with Crippen LogP contribution in [0.25, 0.3) is 10.9 Å². The Kier molecular flexibility index (Phi) is 6.89. The van der Waals surface area contributed by atoms with Crippen molar-refractivity contribution < 1.29 is 14.7 Å². The first-order valence-corrected chi connectivity index (χ1v) is 8.86. The molecule has 2 N–H and O–H groups in total. The number of nitrogens with one attached hydrogen (secondary N) is 1. The molecule has 2 atom stereocenters. The number of benzene rings is 1. The summed E-state index contributed by atoms with van der Waals surface area (Å²) in [5.41, 5.74) is 1.82. The number of carbonyl (C=O) groups is 2. The summed E-state index contributed by atoms with van der Waals surface area (Å²) in [5, 5.41) is 15.8. The van der Waals surface area contributed by atoms with Gasteiger partial charge in [0.2, 0.25) is 5.91 Å². The monoisotopic (exact) mass is 359 g/mol. The number of aryl methyl sites for hydroxylation is 1. The van der Waals surface area contributed by atoms with E-state index in [1.54, 1.807) is 0 Å². The third kappa shape index (κ3) is 4.68. The van der Waals surface area contributed by atoms with Crippen LogP contribution in [0.15, 0.2) is 35.6 Å². The number of nitroso groups, excluding NO2 is 1. The lowest BCUT2D eigenvalue weighted by atomic mass is 10.0. The van der Waals surface area contributed by atoms with Gasteiger partial charge in [-0.2, -0.15) is 0 Å². The molecule has 26 heavy (non-hydrogen) atoms. The molecule has 0 saturated carbocycles. The summed E-state index contributed by atoms with van der Waals surface area (Å²) in [6.45, 7) is 2.02. The second-order valence-electron chi connectivity index (χ2n) is 6.50. The highest BCUT2D eigenvalue weighted by atomic mass is 16.4. The molecule has 2 rings (SSSR count). The predicted molar refractivity (Wildman–Crippen MR) is 99.9 cm³/mol. The maximum absolute atomic E-state index is 12.3. The lowest BCUT2D eigenvalue weighted by molar-refractivity contribution is -0.142. The number of rotatable bonds is 10. The van der Waals surface area contributed by atoms with Crippen molar-refractivity contribution in [1.29, 1.82) is 0 Å². The summed E-state index contributed by atoms with van der Waals surface area (Å²) in [4.78, 5) is 34.9. The minimum atomic E-state index is -1.13. The van der Waals surface area contributed by atoms with Gasteiger partial charge in [-0.1, -0.05) is 49.6 Å². The Hall–Kier alpha value is -2.70. The number of fused-ring (bicyclic) bond motifs is 1. The molecule has 0 radical (unpaired) electrons. The van der Waals surface area contributed by atoms with E-state index in [0.29, 0.717) is 12.8 Å². The number of para-hydroxylation sites is 1. The molecule has 0 aliphatic heterocycles. The zero-order chi connectivity index (χ0) is 19.1. The third-order valence-corrected chi connectivity index (χ3v) is 4.53. The van der Waals surface area contributed by atoms with Gasteiger partial charge in [0, 0.05) is 30.6 Å². The van der Waals surface area contributed by atoms with Crippen LogP contribution >= 0.6 is 0 Å². The van der Waals surface area contributed by atoms with E-state index in [9.17, 15) is 19.6 Å². The molecule has 140 valence electrons. The smallest absolute Gasteiger partial charge is 0.326 e. The lowest BCUT2D eigenvalue weighted by Crippen LogP contribution is -2.46. The molecule has 1 heterocycles. The summed E-state index contributed by atoms with van der Waals surface area (Å²) in [7, 11) is 1.89. The van der Waals surface area contributed by atoms with Crippen LogP contribution in [0, 0.1) is 4.91 Å². The van der Waals surface area contributed by atoms with Gasteiger partial charge in [0.15, 0.2) is 6.04 Å². The first-order chi connectivity index (χ1) is 12.5. The number of carboxylic acid groups (broad SMARTS) is 1. The number of nitrogens with zero attached hydrogens (tertiary/aromatic N) is 2. The van der Waals surface area contributed by atoms with Gasteiger partial charge >= 0.3 is 5.97 Å². The molecule has 2 aromatic rings. The zero-order valence-corrected chi connectivity index (χ0v) is 15.1. The van der Waals surface area contributed by atoms with Crippen LogP contribution in [0.1, 0.15) is 38.2 Å². The zero-order valence-electron chi connectivity index (χ0n) is 15.1. The first kappa shape index (κ1) is 19.6. The fraction of sp³-hybridized carbons (Fsp3) is 0.474. The molecular formula is C19H25N3O4. The number of aliphatic carboxylic acids is 1. The molecule has 0 spiro atoms. The van der Waals surface area contributed by atoms with Crippen molar-refractivity contribution in [2.75, 3.05) is 0 Å². The van der Waals surface area contributed by atoms with Crippen molar-refractivity contribution in [3.63, 3.8) is 0 Å². The second-order valence-corrected chi connectivity index (χ2v) is 6.50. The Balaban J connectivity index is 2.12. The van der Waals surface area contributed by atoms with Crippen LogP contribution in [0.4, 0.5) is 0 Å². The summed E-state index contributed by atoms with van der Waals surface area (Å²) < 4.78 is 1.92. The molecule has 0 aliphatic carbocycles. The van der Waals surface area contributed by atoms with Crippen LogP contribution < -0.4 is 5.32 Å². The van der Waals surface area contributed by atoms with E-state index >= 15 is 0 Å². The summed E-state index contributed by atoms with van der Waals surface area (Å²) >= 11 is 0. The van der Waals surface area contributed by atoms with E-state index in [1.807, 2.05) is 49.0 Å². The molecule has 7 heteroatoms. The third-order valence-electron chi connectivity index (χ3n) is 4.53. The van der Waals surface area contributed by atoms with Crippen LogP contribution in [0.5, 0.6) is 0 Å². The number of carbonyl (C=O) groups excluding carboxylic acids is 1. The van der Waals surface area contributed by atoms with E-state index in [0.717, 1.165) is 29.3 Å². The SMILES string of the molecule is CCCCC[C@H](N=O)C(=O)N[C@H](Cc1cn(C)c2ccccc12)C(=O)O. The highest BCUT2D eigenvalue weighted by Crippen LogP contribution is 2.21. The fourth-order valence-corrected chi connectivity index (χ4v) is 3.10. The highest BCUT2D eigenvalue weighted by Gasteiger charge is 2.26. The van der Waals surface area contributed by atoms with Gasteiger partial charge in [-0.3, -0.25) is 4.79 Å². The van der Waals surface area contributed by atoms with Crippen molar-refractivity contribution >= 4 is 22.8 Å². The largest absolute Gasteiger partial charge is 0.480 e.